The van der Waals surface area contributed by atoms with Gasteiger partial charge < -0.3 is 15.2 Å². The van der Waals surface area contributed by atoms with Crippen LogP contribution in [0.15, 0.2) is 42.5 Å². The van der Waals surface area contributed by atoms with Crippen molar-refractivity contribution in [3.63, 3.8) is 0 Å². The second kappa shape index (κ2) is 7.32. The highest BCUT2D eigenvalue weighted by Gasteiger charge is 2.06. The van der Waals surface area contributed by atoms with E-state index in [-0.39, 0.29) is 0 Å². The van der Waals surface area contributed by atoms with E-state index in [0.717, 1.165) is 17.7 Å². The van der Waals surface area contributed by atoms with E-state index in [1.807, 2.05) is 30.3 Å². The van der Waals surface area contributed by atoms with Gasteiger partial charge in [-0.2, -0.15) is 5.26 Å². The van der Waals surface area contributed by atoms with E-state index < -0.39 is 0 Å². The molecule has 0 unspecified atom stereocenters. The van der Waals surface area contributed by atoms with E-state index in [2.05, 4.69) is 13.0 Å². The van der Waals surface area contributed by atoms with Gasteiger partial charge in [0, 0.05) is 6.54 Å². The summed E-state index contributed by atoms with van der Waals surface area (Å²) in [5, 5.41) is 9.17. The molecular weight excluding hydrogens is 264 g/mol. The Labute approximate surface area is 124 Å². The monoisotopic (exact) mass is 282 g/mol. The van der Waals surface area contributed by atoms with Crippen molar-refractivity contribution in [2.75, 3.05) is 6.61 Å². The first-order chi connectivity index (χ1) is 10.3. The summed E-state index contributed by atoms with van der Waals surface area (Å²) in [5.74, 6) is 2.00. The molecular formula is C17H18N2O2. The topological polar surface area (TPSA) is 68.3 Å². The second-order valence-electron chi connectivity index (χ2n) is 4.57. The van der Waals surface area contributed by atoms with Crippen LogP contribution in [-0.2, 0) is 6.54 Å². The smallest absolute Gasteiger partial charge is 0.145 e. The Morgan fingerprint density at radius 1 is 1.10 bits per heavy atom. The highest BCUT2D eigenvalue weighted by atomic mass is 16.5. The number of rotatable bonds is 6. The molecule has 4 nitrogen and oxygen atoms in total. The average Bonchev–Trinajstić information content (AvgIpc) is 2.54. The fraction of sp³-hybridized carbons (Fsp3) is 0.235. The zero-order valence-corrected chi connectivity index (χ0v) is 12.0. The van der Waals surface area contributed by atoms with Gasteiger partial charge in [-0.05, 0) is 48.4 Å². The molecule has 0 amide bonds. The van der Waals surface area contributed by atoms with Crippen LogP contribution in [0.4, 0.5) is 0 Å². The number of nitriles is 1. The number of nitrogens with two attached hydrogens (primary N) is 1. The van der Waals surface area contributed by atoms with E-state index in [4.69, 9.17) is 20.5 Å². The molecule has 0 aromatic heterocycles. The normalized spacial score (nSPS) is 9.95. The maximum Gasteiger partial charge on any atom is 0.145 e. The first kappa shape index (κ1) is 14.9. The van der Waals surface area contributed by atoms with Crippen LogP contribution in [0.25, 0.3) is 0 Å². The summed E-state index contributed by atoms with van der Waals surface area (Å²) in [6.45, 7) is 3.16. The fourth-order valence-corrected chi connectivity index (χ4v) is 1.83. The lowest BCUT2D eigenvalue weighted by molar-refractivity contribution is 0.317. The second-order valence-corrected chi connectivity index (χ2v) is 4.57. The molecule has 0 heterocycles. The molecule has 4 heteroatoms. The van der Waals surface area contributed by atoms with Gasteiger partial charge in [0.2, 0.25) is 0 Å². The van der Waals surface area contributed by atoms with Gasteiger partial charge in [-0.25, -0.2) is 0 Å². The Morgan fingerprint density at radius 3 is 2.43 bits per heavy atom. The van der Waals surface area contributed by atoms with E-state index in [0.29, 0.717) is 30.2 Å². The first-order valence-corrected chi connectivity index (χ1v) is 6.90. The van der Waals surface area contributed by atoms with Gasteiger partial charge in [-0.15, -0.1) is 0 Å². The van der Waals surface area contributed by atoms with Crippen molar-refractivity contribution in [1.29, 1.82) is 5.26 Å². The van der Waals surface area contributed by atoms with Crippen molar-refractivity contribution in [1.82, 2.24) is 0 Å². The van der Waals surface area contributed by atoms with Crippen LogP contribution in [0, 0.1) is 11.3 Å². The minimum atomic E-state index is 0.401. The highest BCUT2D eigenvalue weighted by Crippen LogP contribution is 2.27. The van der Waals surface area contributed by atoms with Crippen LogP contribution in [-0.4, -0.2) is 6.61 Å². The number of ether oxygens (including phenoxy) is 2. The van der Waals surface area contributed by atoms with Gasteiger partial charge in [0.15, 0.2) is 0 Å². The highest BCUT2D eigenvalue weighted by molar-refractivity contribution is 5.47. The SMILES string of the molecule is CCCOc1ccc(Oc2ccc(CN)cc2C#N)cc1. The summed E-state index contributed by atoms with van der Waals surface area (Å²) in [6, 6.07) is 14.8. The Hall–Kier alpha value is -2.51. The lowest BCUT2D eigenvalue weighted by Gasteiger charge is -2.10. The van der Waals surface area contributed by atoms with Crippen molar-refractivity contribution in [3.05, 3.63) is 53.6 Å². The van der Waals surface area contributed by atoms with Gasteiger partial charge >= 0.3 is 0 Å². The van der Waals surface area contributed by atoms with Crippen molar-refractivity contribution in [2.45, 2.75) is 19.9 Å². The molecule has 2 aromatic rings. The van der Waals surface area contributed by atoms with E-state index >= 15 is 0 Å². The molecule has 0 radical (unpaired) electrons. The molecule has 0 atom stereocenters. The Bertz CT molecular complexity index is 630. The van der Waals surface area contributed by atoms with E-state index in [1.165, 1.54) is 0 Å². The molecule has 0 fully saturated rings. The van der Waals surface area contributed by atoms with Crippen molar-refractivity contribution in [2.24, 2.45) is 5.73 Å². The predicted molar refractivity (Wildman–Crippen MR) is 81.4 cm³/mol. The number of benzene rings is 2. The van der Waals surface area contributed by atoms with Gasteiger partial charge in [0.25, 0.3) is 0 Å². The first-order valence-electron chi connectivity index (χ1n) is 6.90. The maximum atomic E-state index is 9.17. The molecule has 0 saturated heterocycles. The predicted octanol–water partition coefficient (Wildman–Crippen LogP) is 3.60. The van der Waals surface area contributed by atoms with Gasteiger partial charge in [-0.3, -0.25) is 0 Å². The zero-order chi connectivity index (χ0) is 15.1. The molecule has 0 aliphatic rings. The molecule has 2 aromatic carbocycles. The van der Waals surface area contributed by atoms with Gasteiger partial charge in [0.1, 0.15) is 23.3 Å². The quantitative estimate of drug-likeness (QED) is 0.879. The number of hydrogen-bond donors (Lipinski definition) is 1. The van der Waals surface area contributed by atoms with Crippen LogP contribution < -0.4 is 15.2 Å². The van der Waals surface area contributed by atoms with Crippen molar-refractivity contribution < 1.29 is 9.47 Å². The van der Waals surface area contributed by atoms with Crippen molar-refractivity contribution in [3.8, 4) is 23.3 Å². The minimum Gasteiger partial charge on any atom is -0.494 e. The molecule has 0 aliphatic heterocycles. The molecule has 21 heavy (non-hydrogen) atoms. The Kier molecular flexibility index (Phi) is 5.19. The molecule has 0 spiro atoms. The standard InChI is InChI=1S/C17H18N2O2/c1-2-9-20-15-4-6-16(7-5-15)21-17-8-3-13(11-18)10-14(17)12-19/h3-8,10H,2,9,11,18H2,1H3. The summed E-state index contributed by atoms with van der Waals surface area (Å²) in [7, 11) is 0. The van der Waals surface area contributed by atoms with E-state index in [1.54, 1.807) is 12.1 Å². The number of hydrogen-bond acceptors (Lipinski definition) is 4. The average molecular weight is 282 g/mol. The molecule has 108 valence electrons. The molecule has 2 N–H and O–H groups in total. The Balaban J connectivity index is 2.13. The summed E-state index contributed by atoms with van der Waals surface area (Å²) >= 11 is 0. The molecule has 0 aliphatic carbocycles. The Morgan fingerprint density at radius 2 is 1.81 bits per heavy atom. The summed E-state index contributed by atoms with van der Waals surface area (Å²) in [5.41, 5.74) is 6.95. The van der Waals surface area contributed by atoms with Gasteiger partial charge in [-0.1, -0.05) is 13.0 Å². The maximum absolute atomic E-state index is 9.17. The third-order valence-corrected chi connectivity index (χ3v) is 2.92. The number of nitrogens with zero attached hydrogens (tertiary/aromatic N) is 1. The summed E-state index contributed by atoms with van der Waals surface area (Å²) in [4.78, 5) is 0. The summed E-state index contributed by atoms with van der Waals surface area (Å²) < 4.78 is 11.3. The van der Waals surface area contributed by atoms with Crippen LogP contribution in [0.2, 0.25) is 0 Å². The summed E-state index contributed by atoms with van der Waals surface area (Å²) in [6.07, 6.45) is 0.970. The van der Waals surface area contributed by atoms with Crippen LogP contribution >= 0.6 is 0 Å². The van der Waals surface area contributed by atoms with Crippen LogP contribution in [0.1, 0.15) is 24.5 Å². The van der Waals surface area contributed by atoms with E-state index in [9.17, 15) is 0 Å². The van der Waals surface area contributed by atoms with Crippen molar-refractivity contribution >= 4 is 0 Å². The van der Waals surface area contributed by atoms with Crippen LogP contribution in [0.3, 0.4) is 0 Å². The third kappa shape index (κ3) is 3.98. The lowest BCUT2D eigenvalue weighted by Crippen LogP contribution is -1.98. The third-order valence-electron chi connectivity index (χ3n) is 2.92. The molecule has 0 bridgehead atoms. The van der Waals surface area contributed by atoms with Gasteiger partial charge in [0.05, 0.1) is 12.2 Å². The molecule has 2 rings (SSSR count). The largest absolute Gasteiger partial charge is 0.494 e. The zero-order valence-electron chi connectivity index (χ0n) is 12.0. The molecule has 0 saturated carbocycles. The van der Waals surface area contributed by atoms with Crippen LogP contribution in [0.5, 0.6) is 17.2 Å². The minimum absolute atomic E-state index is 0.401. The lowest BCUT2D eigenvalue weighted by atomic mass is 10.1. The fourth-order valence-electron chi connectivity index (χ4n) is 1.83.